The van der Waals surface area contributed by atoms with E-state index in [4.69, 9.17) is 25.7 Å². The van der Waals surface area contributed by atoms with Crippen molar-refractivity contribution in [2.45, 2.75) is 44.1 Å². The summed E-state index contributed by atoms with van der Waals surface area (Å²) < 4.78 is 16.6. The number of aliphatic carboxylic acids is 1. The molecule has 1 fully saturated rings. The third kappa shape index (κ3) is 8.68. The van der Waals surface area contributed by atoms with Crippen LogP contribution in [0.2, 0.25) is 0 Å². The van der Waals surface area contributed by atoms with Crippen molar-refractivity contribution in [2.24, 2.45) is 17.4 Å². The Morgan fingerprint density at radius 1 is 1.05 bits per heavy atom. The SMILES string of the molecule is CC(CO)C(OC(=O)N1CCN(C(=O)OCc2ccccc2)CC1)C1OC(C(=O)O)=CC(NC(N)N)C1NC(=O)O. The number of carbonyl (C=O) groups is 4. The van der Waals surface area contributed by atoms with Crippen LogP contribution in [0.5, 0.6) is 0 Å². The summed E-state index contributed by atoms with van der Waals surface area (Å²) in [6.45, 7) is 1.67. The number of hydrogen-bond donors (Lipinski definition) is 7. The summed E-state index contributed by atoms with van der Waals surface area (Å²) in [4.78, 5) is 51.8. The maximum absolute atomic E-state index is 13.2. The van der Waals surface area contributed by atoms with Crippen LogP contribution in [0.25, 0.3) is 0 Å². The minimum absolute atomic E-state index is 0.104. The van der Waals surface area contributed by atoms with E-state index in [1.807, 2.05) is 30.3 Å². The van der Waals surface area contributed by atoms with Crippen molar-refractivity contribution >= 4 is 24.2 Å². The van der Waals surface area contributed by atoms with Crippen LogP contribution < -0.4 is 22.1 Å². The molecule has 0 bridgehead atoms. The second-order valence-corrected chi connectivity index (χ2v) is 9.63. The van der Waals surface area contributed by atoms with Gasteiger partial charge in [-0.25, -0.2) is 19.2 Å². The van der Waals surface area contributed by atoms with Gasteiger partial charge in [0.2, 0.25) is 5.76 Å². The number of nitrogens with two attached hydrogens (primary N) is 2. The Balaban J connectivity index is 1.70. The third-order valence-electron chi connectivity index (χ3n) is 6.63. The van der Waals surface area contributed by atoms with Crippen LogP contribution in [0.15, 0.2) is 42.2 Å². The first-order valence-corrected chi connectivity index (χ1v) is 12.9. The van der Waals surface area contributed by atoms with E-state index in [2.05, 4.69) is 10.6 Å². The minimum Gasteiger partial charge on any atom is -0.477 e. The zero-order valence-corrected chi connectivity index (χ0v) is 22.4. The van der Waals surface area contributed by atoms with Gasteiger partial charge in [0, 0.05) is 38.7 Å². The number of carboxylic acid groups (broad SMARTS) is 2. The first-order chi connectivity index (χ1) is 19.5. The molecule has 2 heterocycles. The summed E-state index contributed by atoms with van der Waals surface area (Å²) >= 11 is 0. The highest BCUT2D eigenvalue weighted by atomic mass is 16.6. The van der Waals surface area contributed by atoms with E-state index in [9.17, 15) is 34.5 Å². The van der Waals surface area contributed by atoms with E-state index in [0.717, 1.165) is 11.6 Å². The van der Waals surface area contributed by atoms with Crippen LogP contribution >= 0.6 is 0 Å². The highest BCUT2D eigenvalue weighted by Gasteiger charge is 2.46. The average molecular weight is 581 g/mol. The predicted octanol–water partition coefficient (Wildman–Crippen LogP) is -0.763. The molecule has 5 unspecified atom stereocenters. The Kier molecular flexibility index (Phi) is 11.1. The van der Waals surface area contributed by atoms with Gasteiger partial charge in [0.05, 0.1) is 12.1 Å². The largest absolute Gasteiger partial charge is 0.477 e. The average Bonchev–Trinajstić information content (AvgIpc) is 2.95. The Morgan fingerprint density at radius 2 is 1.66 bits per heavy atom. The number of carboxylic acids is 1. The van der Waals surface area contributed by atoms with Gasteiger partial charge in [0.15, 0.2) is 6.10 Å². The van der Waals surface area contributed by atoms with E-state index in [1.54, 1.807) is 0 Å². The molecule has 2 aliphatic heterocycles. The monoisotopic (exact) mass is 580 g/mol. The number of aliphatic hydroxyl groups excluding tert-OH is 1. The molecule has 2 aliphatic rings. The lowest BCUT2D eigenvalue weighted by molar-refractivity contribution is -0.143. The zero-order chi connectivity index (χ0) is 30.1. The molecule has 0 spiro atoms. The summed E-state index contributed by atoms with van der Waals surface area (Å²) in [5, 5.41) is 33.8. The molecule has 1 aromatic rings. The molecule has 3 rings (SSSR count). The molecule has 0 aliphatic carbocycles. The fourth-order valence-corrected chi connectivity index (χ4v) is 4.50. The van der Waals surface area contributed by atoms with E-state index in [0.29, 0.717) is 0 Å². The lowest BCUT2D eigenvalue weighted by Gasteiger charge is -2.42. The van der Waals surface area contributed by atoms with Gasteiger partial charge >= 0.3 is 24.2 Å². The van der Waals surface area contributed by atoms with E-state index in [1.165, 1.54) is 16.7 Å². The standard InChI is InChI=1S/C25H36N6O10/c1-14(12-32)19(20-18(29-23(35)36)16(28-22(26)27)11-17(40-20)21(33)34)41-25(38)31-9-7-30(8-10-31)24(37)39-13-15-5-3-2-4-6-15/h2-6,11,14,16,18-20,22,28-29,32H,7-10,12-13,26-27H2,1H3,(H,33,34)(H,35,36). The minimum atomic E-state index is -1.47. The number of carbonyl (C=O) groups excluding carboxylic acids is 2. The van der Waals surface area contributed by atoms with Crippen LogP contribution in [0.1, 0.15) is 12.5 Å². The second kappa shape index (κ2) is 14.5. The van der Waals surface area contributed by atoms with Gasteiger partial charge in [-0.2, -0.15) is 0 Å². The van der Waals surface area contributed by atoms with Crippen molar-refractivity contribution in [3.05, 3.63) is 47.7 Å². The number of nitrogens with zero attached hydrogens (tertiary/aromatic N) is 2. The maximum atomic E-state index is 13.2. The topological polar surface area (TPSA) is 239 Å². The summed E-state index contributed by atoms with van der Waals surface area (Å²) in [7, 11) is 0. The molecule has 226 valence electrons. The number of nitrogens with one attached hydrogen (secondary N) is 2. The van der Waals surface area contributed by atoms with Crippen molar-refractivity contribution in [3.63, 3.8) is 0 Å². The molecule has 16 nitrogen and oxygen atoms in total. The Morgan fingerprint density at radius 3 is 2.20 bits per heavy atom. The van der Waals surface area contributed by atoms with Crippen LogP contribution in [0, 0.1) is 5.92 Å². The van der Waals surface area contributed by atoms with Gasteiger partial charge in [-0.3, -0.25) is 5.32 Å². The number of piperazine rings is 1. The molecule has 0 radical (unpaired) electrons. The van der Waals surface area contributed by atoms with Crippen molar-refractivity contribution in [2.75, 3.05) is 32.8 Å². The number of benzene rings is 1. The third-order valence-corrected chi connectivity index (χ3v) is 6.63. The molecule has 0 aromatic heterocycles. The van der Waals surface area contributed by atoms with Crippen LogP contribution in [0.4, 0.5) is 14.4 Å². The number of amides is 3. The van der Waals surface area contributed by atoms with Crippen molar-refractivity contribution < 1.29 is 48.7 Å². The Bertz CT molecular complexity index is 1100. The Hall–Kier alpha value is -4.12. The highest BCUT2D eigenvalue weighted by molar-refractivity contribution is 5.84. The first kappa shape index (κ1) is 31.4. The zero-order valence-electron chi connectivity index (χ0n) is 22.4. The summed E-state index contributed by atoms with van der Waals surface area (Å²) in [6.07, 6.45) is -5.57. The van der Waals surface area contributed by atoms with Crippen molar-refractivity contribution in [3.8, 4) is 0 Å². The van der Waals surface area contributed by atoms with Crippen LogP contribution in [-0.4, -0.2) is 113 Å². The van der Waals surface area contributed by atoms with Gasteiger partial charge in [0.25, 0.3) is 0 Å². The number of rotatable bonds is 10. The highest BCUT2D eigenvalue weighted by Crippen LogP contribution is 2.27. The smallest absolute Gasteiger partial charge is 0.410 e. The molecule has 16 heteroatoms. The molecule has 5 atom stereocenters. The summed E-state index contributed by atoms with van der Waals surface area (Å²) in [6, 6.07) is 6.90. The van der Waals surface area contributed by atoms with Gasteiger partial charge in [0.1, 0.15) is 19.0 Å². The van der Waals surface area contributed by atoms with Crippen LogP contribution in [0.3, 0.4) is 0 Å². The molecule has 0 saturated carbocycles. The molecular formula is C25H36N6O10. The van der Waals surface area contributed by atoms with Crippen molar-refractivity contribution in [1.29, 1.82) is 0 Å². The fourth-order valence-electron chi connectivity index (χ4n) is 4.50. The molecule has 1 aromatic carbocycles. The predicted molar refractivity (Wildman–Crippen MR) is 141 cm³/mol. The molecule has 41 heavy (non-hydrogen) atoms. The molecule has 1 saturated heterocycles. The van der Waals surface area contributed by atoms with E-state index < -0.39 is 73.1 Å². The van der Waals surface area contributed by atoms with E-state index >= 15 is 0 Å². The quantitative estimate of drug-likeness (QED) is 0.169. The number of ether oxygens (including phenoxy) is 3. The van der Waals surface area contributed by atoms with Gasteiger partial charge < -0.3 is 56.1 Å². The lowest BCUT2D eigenvalue weighted by Crippen LogP contribution is -2.66. The first-order valence-electron chi connectivity index (χ1n) is 12.9. The number of aliphatic hydroxyl groups is 1. The molecule has 9 N–H and O–H groups in total. The Labute approximate surface area is 235 Å². The van der Waals surface area contributed by atoms with Gasteiger partial charge in [-0.15, -0.1) is 0 Å². The summed E-state index contributed by atoms with van der Waals surface area (Å²) in [5.41, 5.74) is 12.1. The van der Waals surface area contributed by atoms with Gasteiger partial charge in [-0.1, -0.05) is 37.3 Å². The van der Waals surface area contributed by atoms with Gasteiger partial charge in [-0.05, 0) is 11.6 Å². The van der Waals surface area contributed by atoms with E-state index in [-0.39, 0.29) is 32.8 Å². The van der Waals surface area contributed by atoms with Crippen LogP contribution in [-0.2, 0) is 25.6 Å². The van der Waals surface area contributed by atoms with Crippen molar-refractivity contribution in [1.82, 2.24) is 20.4 Å². The lowest BCUT2D eigenvalue weighted by atomic mass is 9.89. The second-order valence-electron chi connectivity index (χ2n) is 9.63. The fraction of sp³-hybridized carbons (Fsp3) is 0.520. The molecule has 3 amide bonds. The summed E-state index contributed by atoms with van der Waals surface area (Å²) in [5.74, 6) is -2.82. The maximum Gasteiger partial charge on any atom is 0.410 e. The number of hydrogen-bond acceptors (Lipinski definition) is 11. The molecular weight excluding hydrogens is 544 g/mol. The normalized spacial score (nSPS) is 22.2.